The summed E-state index contributed by atoms with van der Waals surface area (Å²) in [6.07, 6.45) is -1.07. The molecule has 17 heavy (non-hydrogen) atoms. The van der Waals surface area contributed by atoms with Crippen molar-refractivity contribution in [2.75, 3.05) is 25.4 Å². The van der Waals surface area contributed by atoms with Gasteiger partial charge in [0, 0.05) is 0 Å². The van der Waals surface area contributed by atoms with Crippen molar-refractivity contribution in [1.82, 2.24) is 0 Å². The van der Waals surface area contributed by atoms with Gasteiger partial charge in [-0.1, -0.05) is 12.1 Å². The first kappa shape index (κ1) is 16.1. The van der Waals surface area contributed by atoms with Crippen LogP contribution in [0.15, 0.2) is 24.3 Å². The Bertz CT molecular complexity index is 277. The van der Waals surface area contributed by atoms with Crippen molar-refractivity contribution in [3.63, 3.8) is 0 Å². The molecule has 0 heterocycles. The predicted octanol–water partition coefficient (Wildman–Crippen LogP) is -0.367. The van der Waals surface area contributed by atoms with Crippen LogP contribution in [0.4, 0.5) is 0 Å². The molecular formula is C10H19O6P. The van der Waals surface area contributed by atoms with Crippen molar-refractivity contribution in [2.24, 2.45) is 0 Å². The molecular weight excluding hydrogens is 247 g/mol. The topological polar surface area (TPSA) is 121 Å². The molecule has 6 nitrogen and oxygen atoms in total. The van der Waals surface area contributed by atoms with Crippen molar-refractivity contribution in [3.8, 4) is 11.5 Å². The van der Waals surface area contributed by atoms with Crippen molar-refractivity contribution in [3.05, 3.63) is 24.3 Å². The van der Waals surface area contributed by atoms with Gasteiger partial charge in [0.2, 0.25) is 0 Å². The van der Waals surface area contributed by atoms with Crippen LogP contribution in [0.25, 0.3) is 0 Å². The second-order valence-electron chi connectivity index (χ2n) is 3.62. The van der Waals surface area contributed by atoms with Gasteiger partial charge in [-0.05, 0) is 12.1 Å². The number of phenols is 2. The van der Waals surface area contributed by atoms with Gasteiger partial charge in [0.05, 0.1) is 0 Å². The van der Waals surface area contributed by atoms with E-state index in [4.69, 9.17) is 30.6 Å². The van der Waals surface area contributed by atoms with Gasteiger partial charge in [-0.3, -0.25) is 0 Å². The van der Waals surface area contributed by atoms with Gasteiger partial charge in [-0.25, -0.2) is 0 Å². The largest absolute Gasteiger partial charge is 0.504 e. The molecule has 0 unspecified atom stereocenters. The van der Waals surface area contributed by atoms with Crippen LogP contribution < -0.4 is 0 Å². The maximum absolute atomic E-state index is 8.67. The van der Waals surface area contributed by atoms with Crippen molar-refractivity contribution >= 4 is 7.26 Å². The number of hydrogen-bond donors (Lipinski definition) is 6. The van der Waals surface area contributed by atoms with E-state index in [2.05, 4.69) is 0 Å². The van der Waals surface area contributed by atoms with Gasteiger partial charge in [-0.2, -0.15) is 0 Å². The molecule has 0 aliphatic heterocycles. The van der Waals surface area contributed by atoms with Gasteiger partial charge in [0.15, 0.2) is 11.5 Å². The summed E-state index contributed by atoms with van der Waals surface area (Å²) in [6.45, 7) is 0. The third-order valence-electron chi connectivity index (χ3n) is 2.22. The van der Waals surface area contributed by atoms with Crippen LogP contribution in [0.3, 0.4) is 0 Å². The van der Waals surface area contributed by atoms with E-state index in [1.54, 1.807) is 12.1 Å². The minimum Gasteiger partial charge on any atom is -0.504 e. The SMILES string of the molecule is OC[PH](CO)(CO)CO.Oc1ccccc1O. The summed E-state index contributed by atoms with van der Waals surface area (Å²) < 4.78 is 0. The molecule has 0 saturated carbocycles. The Balaban J connectivity index is 0.000000302. The van der Waals surface area contributed by atoms with E-state index in [0.29, 0.717) is 0 Å². The first-order valence-corrected chi connectivity index (χ1v) is 7.78. The van der Waals surface area contributed by atoms with E-state index in [1.165, 1.54) is 12.1 Å². The summed E-state index contributed by atoms with van der Waals surface area (Å²) in [4.78, 5) is 0. The van der Waals surface area contributed by atoms with Crippen LogP contribution in [-0.2, 0) is 0 Å². The molecule has 0 aliphatic carbocycles. The molecule has 0 spiro atoms. The zero-order chi connectivity index (χ0) is 13.3. The Morgan fingerprint density at radius 2 is 1.00 bits per heavy atom. The van der Waals surface area contributed by atoms with Crippen LogP contribution in [0.5, 0.6) is 11.5 Å². The fraction of sp³-hybridized carbons (Fsp3) is 0.400. The molecule has 100 valence electrons. The number of para-hydroxylation sites is 2. The minimum absolute atomic E-state index is 0.0764. The Morgan fingerprint density at radius 3 is 1.12 bits per heavy atom. The minimum atomic E-state index is -2.47. The third-order valence-corrected chi connectivity index (χ3v) is 4.91. The summed E-state index contributed by atoms with van der Waals surface area (Å²) in [6, 6.07) is 6.15. The van der Waals surface area contributed by atoms with Crippen molar-refractivity contribution < 1.29 is 30.6 Å². The molecule has 0 amide bonds. The Hall–Kier alpha value is -0.910. The third kappa shape index (κ3) is 5.30. The smallest absolute Gasteiger partial charge is 0.157 e. The summed E-state index contributed by atoms with van der Waals surface area (Å²) in [5, 5.41) is 51.6. The number of aliphatic hydroxyl groups excluding tert-OH is 4. The number of phenolic OH excluding ortho intramolecular Hbond substituents is 2. The molecule has 0 atom stereocenters. The van der Waals surface area contributed by atoms with E-state index >= 15 is 0 Å². The quantitative estimate of drug-likeness (QED) is 0.327. The predicted molar refractivity (Wildman–Crippen MR) is 66.4 cm³/mol. The van der Waals surface area contributed by atoms with Gasteiger partial charge in [-0.15, -0.1) is 0 Å². The molecule has 0 saturated heterocycles. The molecule has 6 N–H and O–H groups in total. The van der Waals surface area contributed by atoms with E-state index < -0.39 is 7.26 Å². The van der Waals surface area contributed by atoms with Crippen LogP contribution in [0, 0.1) is 0 Å². The van der Waals surface area contributed by atoms with Crippen LogP contribution in [0.2, 0.25) is 0 Å². The Labute approximate surface area is 99.7 Å². The average molecular weight is 266 g/mol. The number of aromatic hydroxyl groups is 2. The number of hydrogen-bond acceptors (Lipinski definition) is 6. The summed E-state index contributed by atoms with van der Waals surface area (Å²) >= 11 is 0. The zero-order valence-electron chi connectivity index (χ0n) is 9.32. The normalized spacial score (nSPS) is 11.5. The fourth-order valence-electron chi connectivity index (χ4n) is 0.764. The Morgan fingerprint density at radius 1 is 0.706 bits per heavy atom. The summed E-state index contributed by atoms with van der Waals surface area (Å²) in [5.74, 6) is -0.153. The second-order valence-corrected chi connectivity index (χ2v) is 7.89. The summed E-state index contributed by atoms with van der Waals surface area (Å²) in [7, 11) is -2.47. The molecule has 0 bridgehead atoms. The molecule has 0 fully saturated rings. The number of benzene rings is 1. The molecule has 0 aliphatic rings. The van der Waals surface area contributed by atoms with Gasteiger partial charge < -0.3 is 10.2 Å². The van der Waals surface area contributed by atoms with Crippen molar-refractivity contribution in [2.45, 2.75) is 0 Å². The first-order valence-electron chi connectivity index (χ1n) is 4.95. The van der Waals surface area contributed by atoms with E-state index in [-0.39, 0.29) is 36.9 Å². The maximum atomic E-state index is 8.67. The first-order chi connectivity index (χ1) is 8.05. The van der Waals surface area contributed by atoms with Gasteiger partial charge >= 0.3 is 53.1 Å². The van der Waals surface area contributed by atoms with E-state index in [0.717, 1.165) is 0 Å². The van der Waals surface area contributed by atoms with Crippen LogP contribution in [0.1, 0.15) is 0 Å². The number of aliphatic hydroxyl groups is 4. The molecule has 1 rings (SSSR count). The van der Waals surface area contributed by atoms with Crippen molar-refractivity contribution in [1.29, 1.82) is 0 Å². The molecule has 1 aromatic rings. The number of rotatable bonds is 4. The van der Waals surface area contributed by atoms with Gasteiger partial charge in [0.25, 0.3) is 0 Å². The molecule has 1 aromatic carbocycles. The van der Waals surface area contributed by atoms with Crippen LogP contribution >= 0.6 is 7.26 Å². The second kappa shape index (κ2) is 8.22. The Kier molecular flexibility index (Phi) is 7.78. The molecule has 0 aromatic heterocycles. The monoisotopic (exact) mass is 266 g/mol. The summed E-state index contributed by atoms with van der Waals surface area (Å²) in [5.41, 5.74) is 0. The standard InChI is InChI=1S/C6H6O2.C4H13O4P/c7-5-3-1-2-4-6(5)8;5-1-9(2-6,3-7)4-8/h1-4,7-8H;5-9H,1-4H2. The fourth-order valence-corrected chi connectivity index (χ4v) is 1.36. The maximum Gasteiger partial charge on any atom is 0.157 e. The zero-order valence-corrected chi connectivity index (χ0v) is 10.3. The van der Waals surface area contributed by atoms with E-state index in [9.17, 15) is 0 Å². The van der Waals surface area contributed by atoms with E-state index in [1.807, 2.05) is 0 Å². The van der Waals surface area contributed by atoms with Gasteiger partial charge in [0.1, 0.15) is 0 Å². The molecule has 0 radical (unpaired) electrons. The molecule has 7 heteroatoms. The average Bonchev–Trinajstić information content (AvgIpc) is 2.37. The van der Waals surface area contributed by atoms with Crippen LogP contribution in [-0.4, -0.2) is 56.0 Å².